The van der Waals surface area contributed by atoms with Gasteiger partial charge in [-0.2, -0.15) is 0 Å². The molecule has 5 heteroatoms. The number of ether oxygens (including phenoxy) is 1. The van der Waals surface area contributed by atoms with Crippen LogP contribution in [0.2, 0.25) is 0 Å². The first-order valence-corrected chi connectivity index (χ1v) is 6.77. The van der Waals surface area contributed by atoms with Crippen LogP contribution in [0.4, 0.5) is 0 Å². The quantitative estimate of drug-likeness (QED) is 0.874. The van der Waals surface area contributed by atoms with E-state index in [4.69, 9.17) is 4.74 Å². The Hall–Kier alpha value is -0.910. The van der Waals surface area contributed by atoms with Crippen LogP contribution >= 0.6 is 11.3 Å². The van der Waals surface area contributed by atoms with E-state index < -0.39 is 0 Å². The molecule has 1 unspecified atom stereocenters. The molecule has 1 saturated heterocycles. The smallest absolute Gasteiger partial charge is 0.237 e. The number of morpholine rings is 1. The molecule has 0 aromatic carbocycles. The number of nitrogens with one attached hydrogen (secondary N) is 1. The van der Waals surface area contributed by atoms with Crippen molar-refractivity contribution in [3.8, 4) is 0 Å². The van der Waals surface area contributed by atoms with E-state index in [1.165, 1.54) is 4.88 Å². The summed E-state index contributed by atoms with van der Waals surface area (Å²) in [5, 5.41) is 4.99. The van der Waals surface area contributed by atoms with Crippen LogP contribution in [0.5, 0.6) is 0 Å². The molecule has 1 amide bonds. The van der Waals surface area contributed by atoms with Crippen molar-refractivity contribution in [1.29, 1.82) is 0 Å². The SMILES string of the molecule is CC(C(=O)NCc1cccs1)N1CCOCC1. The van der Waals surface area contributed by atoms with E-state index in [9.17, 15) is 4.79 Å². The van der Waals surface area contributed by atoms with Crippen molar-refractivity contribution in [3.05, 3.63) is 22.4 Å². The lowest BCUT2D eigenvalue weighted by atomic mass is 10.2. The van der Waals surface area contributed by atoms with E-state index in [-0.39, 0.29) is 11.9 Å². The van der Waals surface area contributed by atoms with Gasteiger partial charge in [0.1, 0.15) is 0 Å². The van der Waals surface area contributed by atoms with Gasteiger partial charge >= 0.3 is 0 Å². The summed E-state index contributed by atoms with van der Waals surface area (Å²) >= 11 is 1.66. The normalized spacial score (nSPS) is 18.9. The fourth-order valence-electron chi connectivity index (χ4n) is 1.87. The van der Waals surface area contributed by atoms with Crippen molar-refractivity contribution in [2.45, 2.75) is 19.5 Å². The maximum absolute atomic E-state index is 11.9. The highest BCUT2D eigenvalue weighted by Gasteiger charge is 2.22. The van der Waals surface area contributed by atoms with Crippen LogP contribution in [0, 0.1) is 0 Å². The van der Waals surface area contributed by atoms with Crippen molar-refractivity contribution in [3.63, 3.8) is 0 Å². The van der Waals surface area contributed by atoms with Crippen LogP contribution in [0.1, 0.15) is 11.8 Å². The average Bonchev–Trinajstić information content (AvgIpc) is 2.89. The molecule has 1 atom stereocenters. The Kier molecular flexibility index (Phi) is 4.53. The van der Waals surface area contributed by atoms with Gasteiger partial charge in [-0.3, -0.25) is 9.69 Å². The number of nitrogens with zero attached hydrogens (tertiary/aromatic N) is 1. The van der Waals surface area contributed by atoms with Crippen LogP contribution < -0.4 is 5.32 Å². The van der Waals surface area contributed by atoms with E-state index in [1.54, 1.807) is 11.3 Å². The predicted molar refractivity (Wildman–Crippen MR) is 68.0 cm³/mol. The largest absolute Gasteiger partial charge is 0.379 e. The van der Waals surface area contributed by atoms with Crippen molar-refractivity contribution >= 4 is 17.2 Å². The Labute approximate surface area is 106 Å². The summed E-state index contributed by atoms with van der Waals surface area (Å²) in [4.78, 5) is 15.3. The molecule has 0 bridgehead atoms. The van der Waals surface area contributed by atoms with Crippen LogP contribution in [0.3, 0.4) is 0 Å². The molecule has 0 spiro atoms. The van der Waals surface area contributed by atoms with Gasteiger partial charge in [-0.1, -0.05) is 6.07 Å². The number of hydrogen-bond donors (Lipinski definition) is 1. The van der Waals surface area contributed by atoms with Crippen molar-refractivity contribution in [1.82, 2.24) is 10.2 Å². The monoisotopic (exact) mass is 254 g/mol. The molecule has 1 fully saturated rings. The number of thiophene rings is 1. The van der Waals surface area contributed by atoms with E-state index in [0.29, 0.717) is 6.54 Å². The molecule has 1 aromatic rings. The van der Waals surface area contributed by atoms with Gasteiger partial charge in [-0.05, 0) is 18.4 Å². The van der Waals surface area contributed by atoms with Crippen molar-refractivity contribution in [2.24, 2.45) is 0 Å². The molecule has 0 aliphatic carbocycles. The van der Waals surface area contributed by atoms with Crippen LogP contribution in [-0.2, 0) is 16.1 Å². The Balaban J connectivity index is 1.78. The van der Waals surface area contributed by atoms with Crippen LogP contribution in [0.15, 0.2) is 17.5 Å². The first-order chi connectivity index (χ1) is 8.27. The summed E-state index contributed by atoms with van der Waals surface area (Å²) in [7, 11) is 0. The molecule has 0 radical (unpaired) electrons. The third-order valence-electron chi connectivity index (χ3n) is 2.99. The predicted octanol–water partition coefficient (Wildman–Crippen LogP) is 1.08. The van der Waals surface area contributed by atoms with E-state index >= 15 is 0 Å². The lowest BCUT2D eigenvalue weighted by Crippen LogP contribution is -2.49. The highest BCUT2D eigenvalue weighted by molar-refractivity contribution is 7.09. The molecule has 1 aliphatic rings. The second-order valence-corrected chi connectivity index (χ2v) is 5.15. The molecule has 17 heavy (non-hydrogen) atoms. The van der Waals surface area contributed by atoms with Gasteiger partial charge in [0.25, 0.3) is 0 Å². The molecule has 1 aliphatic heterocycles. The van der Waals surface area contributed by atoms with E-state index in [0.717, 1.165) is 26.3 Å². The standard InChI is InChI=1S/C12H18N2O2S/c1-10(14-4-6-16-7-5-14)12(15)13-9-11-3-2-8-17-11/h2-3,8,10H,4-7,9H2,1H3,(H,13,15). The maximum atomic E-state index is 11.9. The molecule has 0 saturated carbocycles. The molecule has 2 heterocycles. The molecule has 94 valence electrons. The van der Waals surface area contributed by atoms with E-state index in [2.05, 4.69) is 10.2 Å². The summed E-state index contributed by atoms with van der Waals surface area (Å²) in [5.74, 6) is 0.0975. The molecular formula is C12H18N2O2S. The van der Waals surface area contributed by atoms with Gasteiger partial charge in [-0.15, -0.1) is 11.3 Å². The fourth-order valence-corrected chi connectivity index (χ4v) is 2.51. The van der Waals surface area contributed by atoms with Gasteiger partial charge in [0.2, 0.25) is 5.91 Å². The Bertz CT molecular complexity index is 347. The number of carbonyl (C=O) groups is 1. The van der Waals surface area contributed by atoms with Gasteiger partial charge in [0.15, 0.2) is 0 Å². The number of rotatable bonds is 4. The summed E-state index contributed by atoms with van der Waals surface area (Å²) in [6, 6.07) is 3.96. The minimum Gasteiger partial charge on any atom is -0.379 e. The summed E-state index contributed by atoms with van der Waals surface area (Å²) < 4.78 is 5.28. The van der Waals surface area contributed by atoms with Crippen molar-refractivity contribution < 1.29 is 9.53 Å². The molecule has 4 nitrogen and oxygen atoms in total. The highest BCUT2D eigenvalue weighted by Crippen LogP contribution is 2.08. The second-order valence-electron chi connectivity index (χ2n) is 4.12. The number of amides is 1. The minimum atomic E-state index is -0.0705. The third kappa shape index (κ3) is 3.52. The Morgan fingerprint density at radius 3 is 3.00 bits per heavy atom. The summed E-state index contributed by atoms with van der Waals surface area (Å²) in [6.45, 7) is 5.71. The summed E-state index contributed by atoms with van der Waals surface area (Å²) in [6.07, 6.45) is 0. The first-order valence-electron chi connectivity index (χ1n) is 5.89. The zero-order chi connectivity index (χ0) is 12.1. The topological polar surface area (TPSA) is 41.6 Å². The van der Waals surface area contributed by atoms with Gasteiger partial charge < -0.3 is 10.1 Å². The summed E-state index contributed by atoms with van der Waals surface area (Å²) in [5.41, 5.74) is 0. The Morgan fingerprint density at radius 2 is 2.35 bits per heavy atom. The molecule has 1 aromatic heterocycles. The van der Waals surface area contributed by atoms with Gasteiger partial charge in [-0.25, -0.2) is 0 Å². The molecule has 2 rings (SSSR count). The average molecular weight is 254 g/mol. The lowest BCUT2D eigenvalue weighted by molar-refractivity contribution is -0.127. The van der Waals surface area contributed by atoms with Gasteiger partial charge in [0.05, 0.1) is 25.8 Å². The third-order valence-corrected chi connectivity index (χ3v) is 3.87. The van der Waals surface area contributed by atoms with E-state index in [1.807, 2.05) is 24.4 Å². The zero-order valence-corrected chi connectivity index (χ0v) is 10.8. The molecule has 1 N–H and O–H groups in total. The maximum Gasteiger partial charge on any atom is 0.237 e. The molecular weight excluding hydrogens is 236 g/mol. The number of carbonyl (C=O) groups excluding carboxylic acids is 1. The minimum absolute atomic E-state index is 0.0705. The van der Waals surface area contributed by atoms with Gasteiger partial charge in [0, 0.05) is 18.0 Å². The van der Waals surface area contributed by atoms with Crippen LogP contribution in [0.25, 0.3) is 0 Å². The second kappa shape index (κ2) is 6.14. The number of hydrogen-bond acceptors (Lipinski definition) is 4. The zero-order valence-electron chi connectivity index (χ0n) is 10.0. The van der Waals surface area contributed by atoms with Crippen LogP contribution in [-0.4, -0.2) is 43.2 Å². The highest BCUT2D eigenvalue weighted by atomic mass is 32.1. The fraction of sp³-hybridized carbons (Fsp3) is 0.583. The van der Waals surface area contributed by atoms with Crippen molar-refractivity contribution in [2.75, 3.05) is 26.3 Å². The lowest BCUT2D eigenvalue weighted by Gasteiger charge is -2.31. The Morgan fingerprint density at radius 1 is 1.59 bits per heavy atom. The first kappa shape index (κ1) is 12.5.